The number of rotatable bonds is 4. The van der Waals surface area contributed by atoms with Crippen molar-refractivity contribution in [2.24, 2.45) is 0 Å². The van der Waals surface area contributed by atoms with Crippen molar-refractivity contribution in [3.63, 3.8) is 0 Å². The molecule has 1 spiro atoms. The predicted octanol–water partition coefficient (Wildman–Crippen LogP) is 1.58. The van der Waals surface area contributed by atoms with E-state index in [0.29, 0.717) is 25.6 Å². The molecule has 0 bridgehead atoms. The molecule has 3 heterocycles. The fourth-order valence-corrected chi connectivity index (χ4v) is 5.38. The first kappa shape index (κ1) is 15.4. The summed E-state index contributed by atoms with van der Waals surface area (Å²) in [5.74, 6) is 0.617. The van der Waals surface area contributed by atoms with Gasteiger partial charge in [-0.2, -0.15) is 0 Å². The molecule has 0 N–H and O–H groups in total. The topological polar surface area (TPSA) is 68.7 Å². The van der Waals surface area contributed by atoms with E-state index in [-0.39, 0.29) is 17.0 Å². The molecule has 7 heteroatoms. The molecule has 2 aliphatic heterocycles. The Morgan fingerprint density at radius 3 is 2.70 bits per heavy atom. The smallest absolute Gasteiger partial charge is 0.216 e. The third-order valence-electron chi connectivity index (χ3n) is 5.04. The molecule has 3 aliphatic rings. The summed E-state index contributed by atoms with van der Waals surface area (Å²) >= 11 is 0. The van der Waals surface area contributed by atoms with E-state index in [4.69, 9.17) is 9.47 Å². The second-order valence-corrected chi connectivity index (χ2v) is 8.96. The zero-order chi connectivity index (χ0) is 15.9. The van der Waals surface area contributed by atoms with Gasteiger partial charge in [-0.3, -0.25) is 0 Å². The van der Waals surface area contributed by atoms with Gasteiger partial charge in [0, 0.05) is 31.8 Å². The van der Waals surface area contributed by atoms with Gasteiger partial charge >= 0.3 is 0 Å². The average Bonchev–Trinajstić information content (AvgIpc) is 3.35. The Labute approximate surface area is 136 Å². The van der Waals surface area contributed by atoms with E-state index < -0.39 is 10.0 Å². The van der Waals surface area contributed by atoms with Crippen LogP contribution in [0.1, 0.15) is 32.1 Å². The van der Waals surface area contributed by atoms with Gasteiger partial charge in [-0.05, 0) is 31.7 Å². The van der Waals surface area contributed by atoms with Gasteiger partial charge in [0.1, 0.15) is 6.10 Å². The van der Waals surface area contributed by atoms with E-state index in [1.54, 1.807) is 10.5 Å². The van der Waals surface area contributed by atoms with Gasteiger partial charge < -0.3 is 9.47 Å². The summed E-state index contributed by atoms with van der Waals surface area (Å²) in [5, 5.41) is -0.124. The first-order valence-corrected chi connectivity index (χ1v) is 9.78. The lowest BCUT2D eigenvalue weighted by Crippen LogP contribution is -2.47. The molecule has 0 radical (unpaired) electrons. The third-order valence-corrected chi connectivity index (χ3v) is 7.44. The first-order valence-electron chi connectivity index (χ1n) is 8.28. The van der Waals surface area contributed by atoms with Crippen LogP contribution >= 0.6 is 0 Å². The number of aromatic nitrogens is 1. The molecule has 1 atom stereocenters. The van der Waals surface area contributed by atoms with E-state index >= 15 is 0 Å². The summed E-state index contributed by atoms with van der Waals surface area (Å²) in [6, 6.07) is 5.60. The Morgan fingerprint density at radius 2 is 2.04 bits per heavy atom. The van der Waals surface area contributed by atoms with Crippen LogP contribution in [0, 0.1) is 0 Å². The highest BCUT2D eigenvalue weighted by Gasteiger charge is 2.48. The van der Waals surface area contributed by atoms with Crippen LogP contribution in [0.15, 0.2) is 24.4 Å². The minimum Gasteiger partial charge on any atom is -0.472 e. The Hall–Kier alpha value is -1.18. The van der Waals surface area contributed by atoms with Gasteiger partial charge in [-0.25, -0.2) is 17.7 Å². The van der Waals surface area contributed by atoms with Crippen LogP contribution in [0.2, 0.25) is 0 Å². The number of nitrogens with zero attached hydrogens (tertiary/aromatic N) is 2. The average molecular weight is 338 g/mol. The van der Waals surface area contributed by atoms with Crippen molar-refractivity contribution in [3.05, 3.63) is 24.4 Å². The van der Waals surface area contributed by atoms with Gasteiger partial charge in [0.05, 0.1) is 17.5 Å². The van der Waals surface area contributed by atoms with Crippen LogP contribution in [0.3, 0.4) is 0 Å². The Morgan fingerprint density at radius 1 is 1.26 bits per heavy atom. The van der Waals surface area contributed by atoms with Crippen molar-refractivity contribution in [2.75, 3.05) is 19.7 Å². The summed E-state index contributed by atoms with van der Waals surface area (Å²) < 4.78 is 38.2. The molecule has 1 aromatic heterocycles. The Kier molecular flexibility index (Phi) is 3.82. The molecule has 1 saturated carbocycles. The Balaban J connectivity index is 1.35. The molecule has 0 amide bonds. The van der Waals surface area contributed by atoms with Crippen LogP contribution in [-0.4, -0.2) is 54.4 Å². The van der Waals surface area contributed by atoms with Gasteiger partial charge in [0.2, 0.25) is 15.9 Å². The van der Waals surface area contributed by atoms with Crippen LogP contribution in [0.25, 0.3) is 0 Å². The largest absolute Gasteiger partial charge is 0.472 e. The number of sulfonamides is 1. The maximum absolute atomic E-state index is 12.3. The van der Waals surface area contributed by atoms with Gasteiger partial charge in [-0.1, -0.05) is 6.07 Å². The third kappa shape index (κ3) is 3.09. The first-order chi connectivity index (χ1) is 11.1. The lowest BCUT2D eigenvalue weighted by molar-refractivity contribution is -0.0320. The number of hydrogen-bond donors (Lipinski definition) is 0. The molecule has 1 aliphatic carbocycles. The van der Waals surface area contributed by atoms with Crippen LogP contribution in [0.5, 0.6) is 5.88 Å². The van der Waals surface area contributed by atoms with Gasteiger partial charge in [-0.15, -0.1) is 0 Å². The second-order valence-electron chi connectivity index (χ2n) is 6.75. The SMILES string of the molecule is O=S(=O)(C1CC1)N1CCC2(CC1)C[C@H](Oc1ccccn1)CO2. The van der Waals surface area contributed by atoms with Gasteiger partial charge in [0.25, 0.3) is 0 Å². The molecule has 6 nitrogen and oxygen atoms in total. The van der Waals surface area contributed by atoms with E-state index in [9.17, 15) is 8.42 Å². The summed E-state index contributed by atoms with van der Waals surface area (Å²) in [4.78, 5) is 4.18. The van der Waals surface area contributed by atoms with Crippen molar-refractivity contribution in [3.8, 4) is 5.88 Å². The summed E-state index contributed by atoms with van der Waals surface area (Å²) in [5.41, 5.74) is -0.227. The molecular formula is C16H22N2O4S. The standard InChI is InChI=1S/C16H22N2O4S/c19-23(20,14-4-5-14)18-9-6-16(7-10-18)11-13(12-21-16)22-15-3-1-2-8-17-15/h1-3,8,13-14H,4-7,9-12H2/t13-/m0/s1. The summed E-state index contributed by atoms with van der Waals surface area (Å²) in [6.07, 6.45) is 5.66. The Bertz CT molecular complexity index is 652. The van der Waals surface area contributed by atoms with Crippen molar-refractivity contribution < 1.29 is 17.9 Å². The fraction of sp³-hybridized carbons (Fsp3) is 0.688. The van der Waals surface area contributed by atoms with E-state index in [2.05, 4.69) is 4.98 Å². The molecule has 0 aromatic carbocycles. The van der Waals surface area contributed by atoms with Crippen LogP contribution < -0.4 is 4.74 Å². The van der Waals surface area contributed by atoms with E-state index in [1.807, 2.05) is 18.2 Å². The maximum atomic E-state index is 12.3. The minimum atomic E-state index is -3.06. The molecule has 1 aromatic rings. The summed E-state index contributed by atoms with van der Waals surface area (Å²) in [7, 11) is -3.06. The molecule has 23 heavy (non-hydrogen) atoms. The zero-order valence-electron chi connectivity index (χ0n) is 13.1. The lowest BCUT2D eigenvalue weighted by Gasteiger charge is -2.37. The number of piperidine rings is 1. The normalized spacial score (nSPS) is 28.1. The van der Waals surface area contributed by atoms with Crippen molar-refractivity contribution in [2.45, 2.75) is 49.1 Å². The highest BCUT2D eigenvalue weighted by molar-refractivity contribution is 7.90. The monoisotopic (exact) mass is 338 g/mol. The van der Waals surface area contributed by atoms with Crippen LogP contribution in [-0.2, 0) is 14.8 Å². The van der Waals surface area contributed by atoms with E-state index in [1.165, 1.54) is 0 Å². The lowest BCUT2D eigenvalue weighted by atomic mass is 9.89. The number of hydrogen-bond acceptors (Lipinski definition) is 5. The van der Waals surface area contributed by atoms with Crippen LogP contribution in [0.4, 0.5) is 0 Å². The zero-order valence-corrected chi connectivity index (χ0v) is 13.9. The molecule has 2 saturated heterocycles. The molecular weight excluding hydrogens is 316 g/mol. The van der Waals surface area contributed by atoms with Crippen molar-refractivity contribution in [1.82, 2.24) is 9.29 Å². The van der Waals surface area contributed by atoms with Crippen molar-refractivity contribution in [1.29, 1.82) is 0 Å². The highest BCUT2D eigenvalue weighted by atomic mass is 32.2. The van der Waals surface area contributed by atoms with E-state index in [0.717, 1.165) is 32.1 Å². The van der Waals surface area contributed by atoms with Gasteiger partial charge in [0.15, 0.2) is 0 Å². The number of pyridine rings is 1. The quantitative estimate of drug-likeness (QED) is 0.834. The second kappa shape index (κ2) is 5.72. The summed E-state index contributed by atoms with van der Waals surface area (Å²) in [6.45, 7) is 1.68. The highest BCUT2D eigenvalue weighted by Crippen LogP contribution is 2.40. The van der Waals surface area contributed by atoms with Crippen molar-refractivity contribution >= 4 is 10.0 Å². The molecule has 126 valence electrons. The molecule has 4 rings (SSSR count). The minimum absolute atomic E-state index is 0.00325. The molecule has 3 fully saturated rings. The predicted molar refractivity (Wildman–Crippen MR) is 84.7 cm³/mol. The molecule has 0 unspecified atom stereocenters. The fourth-order valence-electron chi connectivity index (χ4n) is 3.54. The maximum Gasteiger partial charge on any atom is 0.216 e. The number of ether oxygens (including phenoxy) is 2.